The Balaban J connectivity index is 1.40. The van der Waals surface area contributed by atoms with Gasteiger partial charge in [-0.05, 0) is 42.5 Å². The molecule has 11 heteroatoms. The number of fused-ring (bicyclic) bond motifs is 2. The number of alkyl halides is 3. The van der Waals surface area contributed by atoms with Gasteiger partial charge in [0.05, 0.1) is 22.3 Å². The minimum atomic E-state index is -4.43. The van der Waals surface area contributed by atoms with Crippen LogP contribution in [0.25, 0.3) is 28.0 Å². The van der Waals surface area contributed by atoms with Gasteiger partial charge < -0.3 is 14.8 Å². The molecule has 0 radical (unpaired) electrons. The summed E-state index contributed by atoms with van der Waals surface area (Å²) in [5.41, 5.74) is 2.73. The predicted octanol–water partition coefficient (Wildman–Crippen LogP) is 5.39. The van der Waals surface area contributed by atoms with E-state index in [4.69, 9.17) is 9.47 Å². The molecule has 1 aliphatic heterocycles. The standard InChI is InChI=1S/C25H17F3N6O2/c26-25(27,28)16-5-3-15(4-6-16)23-22(19-2-1-10-30-34(19)33-23)18-9-11-29-24(32-18)31-17-7-8-20-21(14-17)36-13-12-35-20/h1-11,14H,12-13H2,(H,29,31,32). The molecule has 4 heterocycles. The van der Waals surface area contributed by atoms with E-state index in [9.17, 15) is 13.2 Å². The van der Waals surface area contributed by atoms with Crippen molar-refractivity contribution in [3.05, 3.63) is 78.6 Å². The zero-order valence-corrected chi connectivity index (χ0v) is 18.5. The van der Waals surface area contributed by atoms with E-state index in [1.165, 1.54) is 16.8 Å². The highest BCUT2D eigenvalue weighted by Gasteiger charge is 2.30. The quantitative estimate of drug-likeness (QED) is 0.362. The maximum absolute atomic E-state index is 13.1. The number of halogens is 3. The third-order valence-electron chi connectivity index (χ3n) is 5.62. The molecule has 5 aromatic rings. The molecule has 0 saturated carbocycles. The van der Waals surface area contributed by atoms with E-state index in [0.717, 1.165) is 12.1 Å². The summed E-state index contributed by atoms with van der Waals surface area (Å²) in [5.74, 6) is 1.62. The molecule has 0 fully saturated rings. The van der Waals surface area contributed by atoms with Crippen LogP contribution in [-0.2, 0) is 6.18 Å². The lowest BCUT2D eigenvalue weighted by Crippen LogP contribution is -2.15. The number of anilines is 2. The van der Waals surface area contributed by atoms with Gasteiger partial charge in [-0.2, -0.15) is 22.9 Å². The Morgan fingerprint density at radius 1 is 0.889 bits per heavy atom. The van der Waals surface area contributed by atoms with Crippen LogP contribution in [0.4, 0.5) is 24.8 Å². The predicted molar refractivity (Wildman–Crippen MR) is 125 cm³/mol. The molecule has 0 bridgehead atoms. The normalized spacial score (nSPS) is 13.1. The Labute approximate surface area is 202 Å². The van der Waals surface area contributed by atoms with E-state index in [1.54, 1.807) is 36.7 Å². The van der Waals surface area contributed by atoms with Gasteiger partial charge in [0, 0.05) is 29.7 Å². The number of hydrogen-bond acceptors (Lipinski definition) is 7. The summed E-state index contributed by atoms with van der Waals surface area (Å²) in [6, 6.07) is 15.6. The largest absolute Gasteiger partial charge is 0.486 e. The molecule has 0 atom stereocenters. The average Bonchev–Trinajstić information content (AvgIpc) is 3.28. The molecular formula is C25H17F3N6O2. The average molecular weight is 490 g/mol. The second kappa shape index (κ2) is 8.52. The third-order valence-corrected chi connectivity index (χ3v) is 5.62. The van der Waals surface area contributed by atoms with Crippen molar-refractivity contribution in [1.29, 1.82) is 0 Å². The Morgan fingerprint density at radius 3 is 2.50 bits per heavy atom. The lowest BCUT2D eigenvalue weighted by Gasteiger charge is -2.19. The smallest absolute Gasteiger partial charge is 0.416 e. The Bertz CT molecular complexity index is 1570. The number of ether oxygens (including phenoxy) is 2. The number of nitrogens with one attached hydrogen (secondary N) is 1. The Morgan fingerprint density at radius 2 is 1.69 bits per heavy atom. The van der Waals surface area contributed by atoms with Gasteiger partial charge in [0.25, 0.3) is 0 Å². The minimum absolute atomic E-state index is 0.325. The van der Waals surface area contributed by atoms with Gasteiger partial charge >= 0.3 is 6.18 Å². The van der Waals surface area contributed by atoms with E-state index >= 15 is 0 Å². The van der Waals surface area contributed by atoms with Crippen LogP contribution in [0.5, 0.6) is 11.5 Å². The SMILES string of the molecule is FC(F)(F)c1ccc(-c2nn3ncccc3c2-c2ccnc(Nc3ccc4c(c3)OCCO4)n2)cc1. The van der Waals surface area contributed by atoms with E-state index in [-0.39, 0.29) is 0 Å². The molecule has 8 nitrogen and oxygen atoms in total. The highest BCUT2D eigenvalue weighted by atomic mass is 19.4. The van der Waals surface area contributed by atoms with Crippen LogP contribution < -0.4 is 14.8 Å². The van der Waals surface area contributed by atoms with Crippen molar-refractivity contribution in [2.75, 3.05) is 18.5 Å². The monoisotopic (exact) mass is 490 g/mol. The molecule has 0 saturated heterocycles. The molecule has 6 rings (SSSR count). The van der Waals surface area contributed by atoms with Crippen LogP contribution in [0.2, 0.25) is 0 Å². The molecule has 0 unspecified atom stereocenters. The minimum Gasteiger partial charge on any atom is -0.486 e. The van der Waals surface area contributed by atoms with Gasteiger partial charge in [-0.3, -0.25) is 0 Å². The van der Waals surface area contributed by atoms with Crippen LogP contribution in [0.1, 0.15) is 5.56 Å². The first kappa shape index (κ1) is 21.8. The molecule has 1 aliphatic rings. The fraction of sp³-hybridized carbons (Fsp3) is 0.120. The van der Waals surface area contributed by atoms with Gasteiger partial charge in [-0.15, -0.1) is 5.10 Å². The molecule has 0 spiro atoms. The van der Waals surface area contributed by atoms with Crippen LogP contribution in [-0.4, -0.2) is 38.0 Å². The summed E-state index contributed by atoms with van der Waals surface area (Å²) in [4.78, 5) is 8.98. The fourth-order valence-electron chi connectivity index (χ4n) is 3.97. The molecular weight excluding hydrogens is 473 g/mol. The van der Waals surface area contributed by atoms with Gasteiger partial charge in [0.1, 0.15) is 18.9 Å². The van der Waals surface area contributed by atoms with Gasteiger partial charge in [0.15, 0.2) is 11.5 Å². The van der Waals surface area contributed by atoms with Crippen molar-refractivity contribution in [2.24, 2.45) is 0 Å². The lowest BCUT2D eigenvalue weighted by atomic mass is 10.0. The summed E-state index contributed by atoms with van der Waals surface area (Å²) in [6.07, 6.45) is -1.25. The van der Waals surface area contributed by atoms with Gasteiger partial charge in [0.2, 0.25) is 5.95 Å². The highest BCUT2D eigenvalue weighted by molar-refractivity contribution is 5.90. The summed E-state index contributed by atoms with van der Waals surface area (Å²) >= 11 is 0. The zero-order chi connectivity index (χ0) is 24.7. The number of aromatic nitrogens is 5. The second-order valence-electron chi connectivity index (χ2n) is 7.95. The van der Waals surface area contributed by atoms with Crippen molar-refractivity contribution in [1.82, 2.24) is 24.8 Å². The summed E-state index contributed by atoms with van der Waals surface area (Å²) in [5, 5.41) is 11.9. The molecule has 3 aromatic heterocycles. The van der Waals surface area contributed by atoms with Crippen LogP contribution >= 0.6 is 0 Å². The van der Waals surface area contributed by atoms with Crippen LogP contribution in [0.3, 0.4) is 0 Å². The Hall–Kier alpha value is -4.67. The van der Waals surface area contributed by atoms with Crippen molar-refractivity contribution >= 4 is 17.2 Å². The molecule has 1 N–H and O–H groups in total. The topological polar surface area (TPSA) is 86.5 Å². The lowest BCUT2D eigenvalue weighted by molar-refractivity contribution is -0.137. The van der Waals surface area contributed by atoms with E-state index < -0.39 is 11.7 Å². The first-order valence-electron chi connectivity index (χ1n) is 11.0. The van der Waals surface area contributed by atoms with Crippen LogP contribution in [0.15, 0.2) is 73.1 Å². The van der Waals surface area contributed by atoms with Crippen molar-refractivity contribution in [3.8, 4) is 34.0 Å². The Kier molecular flexibility index (Phi) is 5.17. The third kappa shape index (κ3) is 4.04. The van der Waals surface area contributed by atoms with E-state index in [2.05, 4.69) is 25.5 Å². The maximum Gasteiger partial charge on any atom is 0.416 e. The fourth-order valence-corrected chi connectivity index (χ4v) is 3.97. The van der Waals surface area contributed by atoms with Crippen molar-refractivity contribution in [3.63, 3.8) is 0 Å². The highest BCUT2D eigenvalue weighted by Crippen LogP contribution is 2.37. The maximum atomic E-state index is 13.1. The van der Waals surface area contributed by atoms with Gasteiger partial charge in [-0.25, -0.2) is 9.97 Å². The van der Waals surface area contributed by atoms with E-state index in [0.29, 0.717) is 64.4 Å². The van der Waals surface area contributed by atoms with E-state index in [1.807, 2.05) is 12.1 Å². The second-order valence-corrected chi connectivity index (χ2v) is 7.95. The molecule has 2 aromatic carbocycles. The molecule has 0 amide bonds. The van der Waals surface area contributed by atoms with Crippen molar-refractivity contribution in [2.45, 2.75) is 6.18 Å². The molecule has 36 heavy (non-hydrogen) atoms. The van der Waals surface area contributed by atoms with Crippen molar-refractivity contribution < 1.29 is 22.6 Å². The summed E-state index contributed by atoms with van der Waals surface area (Å²) in [6.45, 7) is 0.971. The van der Waals surface area contributed by atoms with Crippen LogP contribution in [0, 0.1) is 0 Å². The first-order valence-corrected chi connectivity index (χ1v) is 11.0. The molecule has 180 valence electrons. The first-order chi connectivity index (χ1) is 17.5. The van der Waals surface area contributed by atoms with Gasteiger partial charge in [-0.1, -0.05) is 12.1 Å². The molecule has 0 aliphatic carbocycles. The number of nitrogens with zero attached hydrogens (tertiary/aromatic N) is 5. The number of benzene rings is 2. The zero-order valence-electron chi connectivity index (χ0n) is 18.5. The summed E-state index contributed by atoms with van der Waals surface area (Å²) < 4.78 is 51.9. The number of hydrogen-bond donors (Lipinski definition) is 1. The summed E-state index contributed by atoms with van der Waals surface area (Å²) in [7, 11) is 0. The number of rotatable bonds is 4.